The van der Waals surface area contributed by atoms with Crippen molar-refractivity contribution >= 4 is 17.7 Å². The van der Waals surface area contributed by atoms with Crippen molar-refractivity contribution in [2.24, 2.45) is 0 Å². The highest BCUT2D eigenvalue weighted by atomic mass is 19.1. The number of hydrogen-bond acceptors (Lipinski definition) is 6. The van der Waals surface area contributed by atoms with Crippen LogP contribution in [0.1, 0.15) is 31.2 Å². The number of benzene rings is 1. The van der Waals surface area contributed by atoms with Crippen molar-refractivity contribution in [2.45, 2.75) is 37.2 Å². The Balaban J connectivity index is 1.49. The highest BCUT2D eigenvalue weighted by Gasteiger charge is 2.55. The quantitative estimate of drug-likeness (QED) is 0.537. The Morgan fingerprint density at radius 3 is 2.57 bits per heavy atom. The number of halogens is 1. The van der Waals surface area contributed by atoms with Crippen molar-refractivity contribution < 1.29 is 23.5 Å². The molecule has 1 unspecified atom stereocenters. The Labute approximate surface area is 204 Å². The number of aromatic nitrogens is 1. The third-order valence-electron chi connectivity index (χ3n) is 6.75. The second kappa shape index (κ2) is 10.5. The van der Waals surface area contributed by atoms with Gasteiger partial charge in [0.25, 0.3) is 0 Å². The third kappa shape index (κ3) is 5.35. The average Bonchev–Trinajstić information content (AvgIpc) is 3.08. The molecule has 0 radical (unpaired) electrons. The second-order valence-electron chi connectivity index (χ2n) is 9.46. The number of amides is 3. The molecule has 0 aliphatic carbocycles. The van der Waals surface area contributed by atoms with Gasteiger partial charge in [0.15, 0.2) is 0 Å². The molecule has 0 N–H and O–H groups in total. The van der Waals surface area contributed by atoms with Crippen LogP contribution >= 0.6 is 0 Å². The third-order valence-corrected chi connectivity index (χ3v) is 6.75. The second-order valence-corrected chi connectivity index (χ2v) is 9.46. The van der Waals surface area contributed by atoms with Crippen molar-refractivity contribution in [3.8, 4) is 5.75 Å². The molecule has 2 fully saturated rings. The molecule has 1 aromatic heterocycles. The van der Waals surface area contributed by atoms with Crippen LogP contribution in [0.2, 0.25) is 0 Å². The standard InChI is InChI=1S/C26H31FN4O4/c1-29(2)14-15-31-24(33)17-26(25(31)34,21-7-3-4-8-22(21)27)16-23(32)30-12-9-19(10-13-30)35-20-6-5-11-28-18-20/h3-8,11,18-19H,9-10,12-17H2,1-2H3. The molecule has 3 amide bonds. The summed E-state index contributed by atoms with van der Waals surface area (Å²) in [5.74, 6) is -1.04. The maximum absolute atomic E-state index is 14.9. The highest BCUT2D eigenvalue weighted by Crippen LogP contribution is 2.41. The fourth-order valence-electron chi connectivity index (χ4n) is 4.82. The summed E-state index contributed by atoms with van der Waals surface area (Å²) >= 11 is 0. The minimum Gasteiger partial charge on any atom is -0.489 e. The molecule has 0 spiro atoms. The molecule has 2 saturated heterocycles. The molecule has 1 atom stereocenters. The van der Waals surface area contributed by atoms with Crippen LogP contribution in [-0.4, -0.2) is 83.8 Å². The number of piperidine rings is 1. The number of likely N-dealkylation sites (tertiary alicyclic amines) is 2. The number of hydrogen-bond donors (Lipinski definition) is 0. The summed E-state index contributed by atoms with van der Waals surface area (Å²) in [5, 5.41) is 0. The molecule has 35 heavy (non-hydrogen) atoms. The molecule has 0 saturated carbocycles. The van der Waals surface area contributed by atoms with Crippen LogP contribution < -0.4 is 4.74 Å². The van der Waals surface area contributed by atoms with Crippen LogP contribution in [0.25, 0.3) is 0 Å². The summed E-state index contributed by atoms with van der Waals surface area (Å²) in [6, 6.07) is 9.59. The monoisotopic (exact) mass is 482 g/mol. The minimum atomic E-state index is -1.53. The Hall–Kier alpha value is -3.33. The van der Waals surface area contributed by atoms with Crippen molar-refractivity contribution in [1.29, 1.82) is 0 Å². The number of ether oxygens (including phenoxy) is 1. The zero-order valence-corrected chi connectivity index (χ0v) is 20.2. The van der Waals surface area contributed by atoms with E-state index in [0.29, 0.717) is 38.2 Å². The molecular formula is C26H31FN4O4. The van der Waals surface area contributed by atoms with E-state index in [1.807, 2.05) is 25.1 Å². The first kappa shape index (κ1) is 24.8. The van der Waals surface area contributed by atoms with Crippen LogP contribution in [0.4, 0.5) is 4.39 Å². The zero-order valence-electron chi connectivity index (χ0n) is 20.2. The van der Waals surface area contributed by atoms with Crippen LogP contribution in [0, 0.1) is 5.82 Å². The van der Waals surface area contributed by atoms with Gasteiger partial charge in [0.1, 0.15) is 17.7 Å². The lowest BCUT2D eigenvalue weighted by molar-refractivity contribution is -0.143. The van der Waals surface area contributed by atoms with E-state index in [1.165, 1.54) is 23.1 Å². The van der Waals surface area contributed by atoms with Crippen molar-refractivity contribution in [3.05, 3.63) is 60.2 Å². The van der Waals surface area contributed by atoms with Gasteiger partial charge in [0, 0.05) is 63.6 Å². The van der Waals surface area contributed by atoms with Gasteiger partial charge in [-0.05, 0) is 32.3 Å². The largest absolute Gasteiger partial charge is 0.489 e. The molecule has 3 heterocycles. The maximum atomic E-state index is 14.9. The van der Waals surface area contributed by atoms with Gasteiger partial charge >= 0.3 is 0 Å². The van der Waals surface area contributed by atoms with Gasteiger partial charge < -0.3 is 14.5 Å². The normalized spacial score (nSPS) is 21.1. The Bertz CT molecular complexity index is 1070. The number of carbonyl (C=O) groups is 3. The number of nitrogens with zero attached hydrogens (tertiary/aromatic N) is 4. The van der Waals surface area contributed by atoms with Gasteiger partial charge in [0.2, 0.25) is 17.7 Å². The summed E-state index contributed by atoms with van der Waals surface area (Å²) in [4.78, 5) is 48.7. The molecule has 0 bridgehead atoms. The first-order chi connectivity index (χ1) is 16.8. The number of carbonyl (C=O) groups excluding carboxylic acids is 3. The first-order valence-corrected chi connectivity index (χ1v) is 11.9. The number of rotatable bonds is 8. The molecule has 9 heteroatoms. The molecule has 2 aliphatic rings. The van der Waals surface area contributed by atoms with Gasteiger partial charge in [-0.25, -0.2) is 4.39 Å². The van der Waals surface area contributed by atoms with E-state index in [1.54, 1.807) is 29.4 Å². The lowest BCUT2D eigenvalue weighted by atomic mass is 9.75. The van der Waals surface area contributed by atoms with Crippen molar-refractivity contribution in [1.82, 2.24) is 19.7 Å². The zero-order chi connectivity index (χ0) is 25.0. The van der Waals surface area contributed by atoms with E-state index < -0.39 is 17.1 Å². The maximum Gasteiger partial charge on any atom is 0.241 e. The topological polar surface area (TPSA) is 83.1 Å². The molecule has 8 nitrogen and oxygen atoms in total. The Morgan fingerprint density at radius 1 is 1.17 bits per heavy atom. The predicted octanol–water partition coefficient (Wildman–Crippen LogP) is 2.24. The molecule has 1 aromatic carbocycles. The van der Waals surface area contributed by atoms with Gasteiger partial charge in [0.05, 0.1) is 11.6 Å². The summed E-state index contributed by atoms with van der Waals surface area (Å²) < 4.78 is 20.9. The Kier molecular flexibility index (Phi) is 7.45. The molecule has 2 aliphatic heterocycles. The van der Waals surface area contributed by atoms with Crippen LogP contribution in [0.5, 0.6) is 5.75 Å². The van der Waals surface area contributed by atoms with Crippen LogP contribution in [-0.2, 0) is 19.8 Å². The highest BCUT2D eigenvalue weighted by molar-refractivity contribution is 6.10. The van der Waals surface area contributed by atoms with Gasteiger partial charge in [-0.3, -0.25) is 24.3 Å². The number of pyridine rings is 1. The van der Waals surface area contributed by atoms with Crippen LogP contribution in [0.15, 0.2) is 48.8 Å². The van der Waals surface area contributed by atoms with E-state index >= 15 is 0 Å². The summed E-state index contributed by atoms with van der Waals surface area (Å²) in [6.07, 6.45) is 4.10. The smallest absolute Gasteiger partial charge is 0.241 e. The van der Waals surface area contributed by atoms with Crippen LogP contribution in [0.3, 0.4) is 0 Å². The first-order valence-electron chi connectivity index (χ1n) is 11.9. The summed E-state index contributed by atoms with van der Waals surface area (Å²) in [5.41, 5.74) is -1.43. The molecular weight excluding hydrogens is 451 g/mol. The van der Waals surface area contributed by atoms with E-state index in [4.69, 9.17) is 4.74 Å². The van der Waals surface area contributed by atoms with Crippen molar-refractivity contribution in [3.63, 3.8) is 0 Å². The lowest BCUT2D eigenvalue weighted by Gasteiger charge is -2.35. The van der Waals surface area contributed by atoms with Gasteiger partial charge in [-0.2, -0.15) is 0 Å². The van der Waals surface area contributed by atoms with Gasteiger partial charge in [-0.15, -0.1) is 0 Å². The van der Waals surface area contributed by atoms with Gasteiger partial charge in [-0.1, -0.05) is 18.2 Å². The average molecular weight is 483 g/mol. The van der Waals surface area contributed by atoms with E-state index in [9.17, 15) is 18.8 Å². The summed E-state index contributed by atoms with van der Waals surface area (Å²) in [6.45, 7) is 1.61. The number of likely N-dealkylation sites (N-methyl/N-ethyl adjacent to an activating group) is 1. The minimum absolute atomic E-state index is 0.0417. The van der Waals surface area contributed by atoms with E-state index in [2.05, 4.69) is 4.98 Å². The SMILES string of the molecule is CN(C)CCN1C(=O)CC(CC(=O)N2CCC(Oc3cccnc3)CC2)(c2ccccc2F)C1=O. The predicted molar refractivity (Wildman–Crippen MR) is 127 cm³/mol. The summed E-state index contributed by atoms with van der Waals surface area (Å²) in [7, 11) is 3.70. The Morgan fingerprint density at radius 2 is 1.91 bits per heavy atom. The number of imide groups is 1. The molecule has 186 valence electrons. The molecule has 4 rings (SSSR count). The fraction of sp³-hybridized carbons (Fsp3) is 0.462. The lowest BCUT2D eigenvalue weighted by Crippen LogP contribution is -2.47. The fourth-order valence-corrected chi connectivity index (χ4v) is 4.82. The van der Waals surface area contributed by atoms with Crippen molar-refractivity contribution in [2.75, 3.05) is 40.3 Å². The van der Waals surface area contributed by atoms with E-state index in [0.717, 1.165) is 0 Å². The molecule has 2 aromatic rings. The van der Waals surface area contributed by atoms with E-state index in [-0.39, 0.29) is 42.9 Å².